The van der Waals surface area contributed by atoms with Crippen LogP contribution in [-0.4, -0.2) is 55.7 Å². The highest BCUT2D eigenvalue weighted by molar-refractivity contribution is 7.22. The summed E-state index contributed by atoms with van der Waals surface area (Å²) >= 11 is 1.61. The van der Waals surface area contributed by atoms with E-state index >= 15 is 0 Å². The van der Waals surface area contributed by atoms with E-state index in [0.717, 1.165) is 34.0 Å². The number of fused-ring (bicyclic) bond motifs is 1. The van der Waals surface area contributed by atoms with E-state index in [1.807, 2.05) is 18.2 Å². The van der Waals surface area contributed by atoms with Gasteiger partial charge in [0.15, 0.2) is 10.8 Å². The van der Waals surface area contributed by atoms with Crippen LogP contribution in [0.25, 0.3) is 32.7 Å². The van der Waals surface area contributed by atoms with Gasteiger partial charge in [0.1, 0.15) is 5.75 Å². The third-order valence-electron chi connectivity index (χ3n) is 5.08. The van der Waals surface area contributed by atoms with Gasteiger partial charge in [-0.15, -0.1) is 10.2 Å². The van der Waals surface area contributed by atoms with Crippen LogP contribution in [0.3, 0.4) is 0 Å². The number of thiazole rings is 1. The van der Waals surface area contributed by atoms with Gasteiger partial charge in [-0.05, 0) is 37.6 Å². The van der Waals surface area contributed by atoms with Crippen LogP contribution in [-0.2, 0) is 0 Å². The minimum absolute atomic E-state index is 0.159. The number of nitrogens with one attached hydrogen (secondary N) is 2. The predicted octanol–water partition coefficient (Wildman–Crippen LogP) is 3.04. The number of aromatic hydroxyl groups is 1. The lowest BCUT2D eigenvalue weighted by molar-refractivity contribution is 0.407. The number of piperazine rings is 1. The number of benzene rings is 1. The summed E-state index contributed by atoms with van der Waals surface area (Å²) in [6.07, 6.45) is 3.51. The van der Waals surface area contributed by atoms with Crippen LogP contribution in [0.2, 0.25) is 0 Å². The van der Waals surface area contributed by atoms with E-state index in [0.29, 0.717) is 29.0 Å². The highest BCUT2D eigenvalue weighted by atomic mass is 32.1. The lowest BCUT2D eigenvalue weighted by atomic mass is 10.0. The van der Waals surface area contributed by atoms with Gasteiger partial charge in [-0.3, -0.25) is 5.10 Å². The van der Waals surface area contributed by atoms with Crippen molar-refractivity contribution < 1.29 is 5.11 Å². The SMILES string of the molecule is C[C@@H]1CN(c2nc3nnc(-c4ccc(-c5cn[nH]c5)cc4O)cc3s2)C[C@H](C)N1. The fourth-order valence-electron chi connectivity index (χ4n) is 3.82. The molecule has 4 aromatic rings. The molecule has 1 saturated heterocycles. The van der Waals surface area contributed by atoms with Crippen LogP contribution >= 0.6 is 11.3 Å². The number of nitrogens with zero attached hydrogens (tertiary/aromatic N) is 5. The van der Waals surface area contributed by atoms with Gasteiger partial charge in [-0.2, -0.15) is 10.1 Å². The second-order valence-electron chi connectivity index (χ2n) is 7.51. The molecule has 3 N–H and O–H groups in total. The van der Waals surface area contributed by atoms with Gasteiger partial charge in [0.05, 0.1) is 16.6 Å². The number of rotatable bonds is 3. The van der Waals surface area contributed by atoms with Crippen LogP contribution in [0.1, 0.15) is 13.8 Å². The van der Waals surface area contributed by atoms with Crippen LogP contribution in [0.5, 0.6) is 5.75 Å². The number of hydrogen-bond donors (Lipinski definition) is 3. The van der Waals surface area contributed by atoms with E-state index in [2.05, 4.69) is 49.4 Å². The first kappa shape index (κ1) is 18.0. The first-order valence-electron chi connectivity index (χ1n) is 9.54. The van der Waals surface area contributed by atoms with Crippen LogP contribution in [0, 0.1) is 0 Å². The fourth-order valence-corrected chi connectivity index (χ4v) is 4.77. The fraction of sp³-hybridized carbons (Fsp3) is 0.300. The molecule has 0 aliphatic carbocycles. The van der Waals surface area contributed by atoms with Crippen LogP contribution < -0.4 is 10.2 Å². The maximum absolute atomic E-state index is 10.6. The third kappa shape index (κ3) is 3.43. The molecule has 0 amide bonds. The topological polar surface area (TPSA) is 103 Å². The Labute approximate surface area is 171 Å². The largest absolute Gasteiger partial charge is 0.507 e. The number of aromatic amines is 1. The van der Waals surface area contributed by atoms with Gasteiger partial charge < -0.3 is 15.3 Å². The molecule has 4 heterocycles. The smallest absolute Gasteiger partial charge is 0.194 e. The number of phenolic OH excluding ortho intramolecular Hbond substituents is 1. The van der Waals surface area contributed by atoms with Crippen molar-refractivity contribution >= 4 is 26.8 Å². The molecule has 1 aliphatic heterocycles. The molecule has 1 aliphatic rings. The van der Waals surface area contributed by atoms with Gasteiger partial charge in [0.25, 0.3) is 0 Å². The second kappa shape index (κ2) is 7.09. The summed E-state index contributed by atoms with van der Waals surface area (Å²) in [5.41, 5.74) is 3.72. The van der Waals surface area contributed by atoms with Gasteiger partial charge >= 0.3 is 0 Å². The summed E-state index contributed by atoms with van der Waals surface area (Å²) in [7, 11) is 0. The number of phenols is 1. The average molecular weight is 408 g/mol. The Hall–Kier alpha value is -3.04. The molecule has 0 spiro atoms. The Morgan fingerprint density at radius 1 is 1.10 bits per heavy atom. The van der Waals surface area contributed by atoms with Crippen LogP contribution in [0.15, 0.2) is 36.7 Å². The second-order valence-corrected chi connectivity index (χ2v) is 8.52. The molecule has 29 heavy (non-hydrogen) atoms. The third-order valence-corrected chi connectivity index (χ3v) is 6.13. The Morgan fingerprint density at radius 3 is 2.66 bits per heavy atom. The Balaban J connectivity index is 1.47. The van der Waals surface area contributed by atoms with Crippen molar-refractivity contribution in [3.8, 4) is 28.1 Å². The van der Waals surface area contributed by atoms with Crippen molar-refractivity contribution in [3.05, 3.63) is 36.7 Å². The zero-order chi connectivity index (χ0) is 20.0. The molecular weight excluding hydrogens is 386 g/mol. The quantitative estimate of drug-likeness (QED) is 0.480. The minimum atomic E-state index is 0.159. The number of anilines is 1. The lowest BCUT2D eigenvalue weighted by Gasteiger charge is -2.35. The molecule has 1 fully saturated rings. The molecule has 5 rings (SSSR count). The van der Waals surface area contributed by atoms with Crippen LogP contribution in [0.4, 0.5) is 5.13 Å². The molecule has 0 bridgehead atoms. The molecule has 8 nitrogen and oxygen atoms in total. The summed E-state index contributed by atoms with van der Waals surface area (Å²) in [5.74, 6) is 0.159. The van der Waals surface area contributed by atoms with Gasteiger partial charge in [0, 0.05) is 42.5 Å². The summed E-state index contributed by atoms with van der Waals surface area (Å²) in [6.45, 7) is 6.20. The Bertz CT molecular complexity index is 1150. The highest BCUT2D eigenvalue weighted by Crippen LogP contribution is 2.35. The summed E-state index contributed by atoms with van der Waals surface area (Å²) < 4.78 is 0.960. The number of hydrogen-bond acceptors (Lipinski definition) is 8. The first-order chi connectivity index (χ1) is 14.1. The monoisotopic (exact) mass is 407 g/mol. The molecule has 148 valence electrons. The zero-order valence-electron chi connectivity index (χ0n) is 16.1. The molecule has 2 atom stereocenters. The molecule has 0 radical (unpaired) electrons. The number of H-pyrrole nitrogens is 1. The highest BCUT2D eigenvalue weighted by Gasteiger charge is 2.24. The van der Waals surface area contributed by atoms with Crippen molar-refractivity contribution in [3.63, 3.8) is 0 Å². The van der Waals surface area contributed by atoms with E-state index in [-0.39, 0.29) is 5.75 Å². The lowest BCUT2D eigenvalue weighted by Crippen LogP contribution is -2.54. The molecule has 0 unspecified atom stereocenters. The number of aromatic nitrogens is 5. The molecule has 0 saturated carbocycles. The van der Waals surface area contributed by atoms with E-state index in [9.17, 15) is 5.11 Å². The van der Waals surface area contributed by atoms with Crippen molar-refractivity contribution in [2.45, 2.75) is 25.9 Å². The standard InChI is InChI=1S/C20H21N7OS/c1-11-9-27(10-12(2)23-11)20-24-19-18(29-20)6-16(25-26-19)15-4-3-13(5-17(15)28)14-7-21-22-8-14/h3-8,11-12,23,28H,9-10H2,1-2H3,(H,21,22)/t11-,12+. The molecular formula is C20H21N7OS. The van der Waals surface area contributed by atoms with Crippen molar-refractivity contribution in [2.75, 3.05) is 18.0 Å². The maximum Gasteiger partial charge on any atom is 0.194 e. The predicted molar refractivity (Wildman–Crippen MR) is 114 cm³/mol. The average Bonchev–Trinajstić information content (AvgIpc) is 3.36. The van der Waals surface area contributed by atoms with Crippen molar-refractivity contribution in [1.82, 2.24) is 30.7 Å². The maximum atomic E-state index is 10.6. The van der Waals surface area contributed by atoms with E-state index < -0.39 is 0 Å². The van der Waals surface area contributed by atoms with Gasteiger partial charge in [0.2, 0.25) is 0 Å². The van der Waals surface area contributed by atoms with E-state index in [4.69, 9.17) is 0 Å². The van der Waals surface area contributed by atoms with Crippen molar-refractivity contribution in [1.29, 1.82) is 0 Å². The molecule has 9 heteroatoms. The van der Waals surface area contributed by atoms with Gasteiger partial charge in [-0.1, -0.05) is 17.4 Å². The molecule has 3 aromatic heterocycles. The summed E-state index contributed by atoms with van der Waals surface area (Å²) in [5, 5.41) is 30.4. The minimum Gasteiger partial charge on any atom is -0.507 e. The Morgan fingerprint density at radius 2 is 1.93 bits per heavy atom. The zero-order valence-corrected chi connectivity index (χ0v) is 16.9. The summed E-state index contributed by atoms with van der Waals surface area (Å²) in [4.78, 5) is 6.98. The molecule has 1 aromatic carbocycles. The van der Waals surface area contributed by atoms with E-state index in [1.165, 1.54) is 0 Å². The normalized spacial score (nSPS) is 19.7. The van der Waals surface area contributed by atoms with Gasteiger partial charge in [-0.25, -0.2) is 0 Å². The Kier molecular flexibility index (Phi) is 4.40. The van der Waals surface area contributed by atoms with E-state index in [1.54, 1.807) is 29.8 Å². The summed E-state index contributed by atoms with van der Waals surface area (Å²) in [6, 6.07) is 8.29. The van der Waals surface area contributed by atoms with Crippen molar-refractivity contribution in [2.24, 2.45) is 0 Å². The first-order valence-corrected chi connectivity index (χ1v) is 10.4.